The van der Waals surface area contributed by atoms with Crippen molar-refractivity contribution < 1.29 is 23.9 Å². The van der Waals surface area contributed by atoms with Crippen LogP contribution < -0.4 is 14.8 Å². The summed E-state index contributed by atoms with van der Waals surface area (Å²) in [5.41, 5.74) is 1.22. The minimum atomic E-state index is -0.363. The van der Waals surface area contributed by atoms with E-state index in [4.69, 9.17) is 9.47 Å². The van der Waals surface area contributed by atoms with Crippen LogP contribution >= 0.6 is 11.8 Å². The smallest absolute Gasteiger partial charge is 0.293 e. The first-order chi connectivity index (χ1) is 15.0. The fourth-order valence-corrected chi connectivity index (χ4v) is 3.72. The maximum atomic E-state index is 12.5. The molecule has 0 saturated carbocycles. The second-order valence-corrected chi connectivity index (χ2v) is 7.46. The highest BCUT2D eigenvalue weighted by atomic mass is 32.2. The maximum absolute atomic E-state index is 12.5. The predicted molar refractivity (Wildman–Crippen MR) is 120 cm³/mol. The molecule has 8 heteroatoms. The third-order valence-electron chi connectivity index (χ3n) is 4.37. The van der Waals surface area contributed by atoms with Crippen LogP contribution in [0.15, 0.2) is 66.1 Å². The van der Waals surface area contributed by atoms with Crippen LogP contribution in [0.2, 0.25) is 0 Å². The van der Waals surface area contributed by atoms with Crippen LogP contribution in [0, 0.1) is 0 Å². The van der Waals surface area contributed by atoms with Gasteiger partial charge in [0, 0.05) is 18.7 Å². The van der Waals surface area contributed by atoms with Crippen molar-refractivity contribution in [3.05, 3.63) is 77.2 Å². The van der Waals surface area contributed by atoms with Crippen LogP contribution in [0.5, 0.6) is 11.5 Å². The SMILES string of the molecule is C=CCOc1ccc(C(=O)NCCN2C(=O)S/C(=C\c3ccccc3)C2=O)cc1OC. The molecule has 2 aromatic rings. The van der Waals surface area contributed by atoms with E-state index < -0.39 is 0 Å². The zero-order valence-corrected chi connectivity index (χ0v) is 17.8. The lowest BCUT2D eigenvalue weighted by atomic mass is 10.2. The highest BCUT2D eigenvalue weighted by Crippen LogP contribution is 2.32. The molecule has 0 aromatic heterocycles. The third kappa shape index (κ3) is 5.55. The number of imide groups is 1. The summed E-state index contributed by atoms with van der Waals surface area (Å²) >= 11 is 0.893. The summed E-state index contributed by atoms with van der Waals surface area (Å²) in [5, 5.41) is 2.36. The molecule has 2 aromatic carbocycles. The molecule has 0 unspecified atom stereocenters. The molecule has 1 heterocycles. The predicted octanol–water partition coefficient (Wildman–Crippen LogP) is 3.73. The summed E-state index contributed by atoms with van der Waals surface area (Å²) in [4.78, 5) is 38.7. The van der Waals surface area contributed by atoms with Gasteiger partial charge in [-0.3, -0.25) is 19.3 Å². The number of hydrogen-bond acceptors (Lipinski definition) is 6. The number of nitrogens with zero attached hydrogens (tertiary/aromatic N) is 1. The second-order valence-electron chi connectivity index (χ2n) is 6.47. The molecule has 0 aliphatic carbocycles. The molecule has 31 heavy (non-hydrogen) atoms. The molecule has 1 fully saturated rings. The van der Waals surface area contributed by atoms with E-state index in [-0.39, 0.29) is 30.1 Å². The lowest BCUT2D eigenvalue weighted by Gasteiger charge is -2.14. The Kier molecular flexibility index (Phi) is 7.50. The van der Waals surface area contributed by atoms with Crippen LogP contribution in [0.1, 0.15) is 15.9 Å². The van der Waals surface area contributed by atoms with Crippen molar-refractivity contribution in [2.75, 3.05) is 26.8 Å². The van der Waals surface area contributed by atoms with E-state index in [0.717, 1.165) is 22.2 Å². The van der Waals surface area contributed by atoms with E-state index in [1.165, 1.54) is 7.11 Å². The zero-order chi connectivity index (χ0) is 22.2. The topological polar surface area (TPSA) is 84.9 Å². The average Bonchev–Trinajstić information content (AvgIpc) is 3.05. The van der Waals surface area contributed by atoms with Crippen molar-refractivity contribution in [3.63, 3.8) is 0 Å². The Balaban J connectivity index is 1.58. The van der Waals surface area contributed by atoms with Gasteiger partial charge in [0.1, 0.15) is 6.61 Å². The molecule has 1 N–H and O–H groups in total. The number of hydrogen-bond donors (Lipinski definition) is 1. The number of methoxy groups -OCH3 is 1. The largest absolute Gasteiger partial charge is 0.493 e. The van der Waals surface area contributed by atoms with Gasteiger partial charge < -0.3 is 14.8 Å². The summed E-state index contributed by atoms with van der Waals surface area (Å²) in [6.45, 7) is 4.13. The van der Waals surface area contributed by atoms with Gasteiger partial charge in [0.05, 0.1) is 12.0 Å². The molecule has 3 amide bonds. The maximum Gasteiger partial charge on any atom is 0.293 e. The lowest BCUT2D eigenvalue weighted by Crippen LogP contribution is -2.37. The standard InChI is InChI=1S/C23H22N2O5S/c1-3-13-30-18-10-9-17(15-19(18)29-2)21(26)24-11-12-25-22(27)20(31-23(25)28)14-16-7-5-4-6-8-16/h3-10,14-15H,1,11-13H2,2H3,(H,24,26)/b20-14-. The van der Waals surface area contributed by atoms with Gasteiger partial charge in [0.15, 0.2) is 11.5 Å². The minimum Gasteiger partial charge on any atom is -0.493 e. The number of ether oxygens (including phenoxy) is 2. The number of carbonyl (C=O) groups is 3. The van der Waals surface area contributed by atoms with Gasteiger partial charge in [0.25, 0.3) is 17.1 Å². The van der Waals surface area contributed by atoms with Gasteiger partial charge in [-0.25, -0.2) is 0 Å². The zero-order valence-electron chi connectivity index (χ0n) is 17.0. The molecule has 1 saturated heterocycles. The van der Waals surface area contributed by atoms with E-state index in [2.05, 4.69) is 11.9 Å². The van der Waals surface area contributed by atoms with Crippen molar-refractivity contribution in [1.82, 2.24) is 10.2 Å². The van der Waals surface area contributed by atoms with Crippen molar-refractivity contribution in [3.8, 4) is 11.5 Å². The number of carbonyl (C=O) groups excluding carboxylic acids is 3. The number of nitrogens with one attached hydrogen (secondary N) is 1. The van der Waals surface area contributed by atoms with E-state index in [1.54, 1.807) is 30.4 Å². The van der Waals surface area contributed by atoms with Crippen LogP contribution in [0.4, 0.5) is 4.79 Å². The Morgan fingerprint density at radius 2 is 1.94 bits per heavy atom. The molecular weight excluding hydrogens is 416 g/mol. The van der Waals surface area contributed by atoms with Crippen LogP contribution in [0.3, 0.4) is 0 Å². The normalized spacial score (nSPS) is 14.6. The summed E-state index contributed by atoms with van der Waals surface area (Å²) in [6.07, 6.45) is 3.30. The first-order valence-electron chi connectivity index (χ1n) is 9.54. The highest BCUT2D eigenvalue weighted by molar-refractivity contribution is 8.18. The van der Waals surface area contributed by atoms with Gasteiger partial charge in [-0.05, 0) is 41.6 Å². The van der Waals surface area contributed by atoms with Gasteiger partial charge >= 0.3 is 0 Å². The van der Waals surface area contributed by atoms with Gasteiger partial charge in [0.2, 0.25) is 0 Å². The summed E-state index contributed by atoms with van der Waals surface area (Å²) in [5.74, 6) is 0.215. The van der Waals surface area contributed by atoms with E-state index in [9.17, 15) is 14.4 Å². The Labute approximate surface area is 184 Å². The van der Waals surface area contributed by atoms with E-state index in [1.807, 2.05) is 30.3 Å². The van der Waals surface area contributed by atoms with Crippen LogP contribution in [0.25, 0.3) is 6.08 Å². The van der Waals surface area contributed by atoms with Gasteiger partial charge in [-0.15, -0.1) is 0 Å². The molecule has 160 valence electrons. The monoisotopic (exact) mass is 438 g/mol. The fraction of sp³-hybridized carbons (Fsp3) is 0.174. The Morgan fingerprint density at radius 3 is 2.65 bits per heavy atom. The van der Waals surface area contributed by atoms with E-state index >= 15 is 0 Å². The molecule has 1 aliphatic rings. The summed E-state index contributed by atoms with van der Waals surface area (Å²) in [7, 11) is 1.49. The summed E-state index contributed by atoms with van der Waals surface area (Å²) < 4.78 is 10.7. The van der Waals surface area contributed by atoms with Crippen molar-refractivity contribution in [2.45, 2.75) is 0 Å². The molecule has 0 atom stereocenters. The molecule has 7 nitrogen and oxygen atoms in total. The number of thioether (sulfide) groups is 1. The lowest BCUT2D eigenvalue weighted by molar-refractivity contribution is -0.122. The molecule has 0 bridgehead atoms. The summed E-state index contributed by atoms with van der Waals surface area (Å²) in [6, 6.07) is 14.1. The second kappa shape index (κ2) is 10.5. The van der Waals surface area contributed by atoms with Crippen molar-refractivity contribution in [1.29, 1.82) is 0 Å². The first kappa shape index (κ1) is 22.2. The fourth-order valence-electron chi connectivity index (χ4n) is 2.85. The molecule has 1 aliphatic heterocycles. The van der Waals surface area contributed by atoms with Crippen molar-refractivity contribution in [2.24, 2.45) is 0 Å². The molecule has 0 radical (unpaired) electrons. The highest BCUT2D eigenvalue weighted by Gasteiger charge is 2.34. The van der Waals surface area contributed by atoms with Gasteiger partial charge in [-0.2, -0.15) is 0 Å². The Hall–Kier alpha value is -3.52. The number of benzene rings is 2. The Bertz CT molecular complexity index is 1020. The quantitative estimate of drug-likeness (QED) is 0.474. The van der Waals surface area contributed by atoms with E-state index in [0.29, 0.717) is 28.6 Å². The minimum absolute atomic E-state index is 0.0835. The molecule has 0 spiro atoms. The number of rotatable bonds is 9. The van der Waals surface area contributed by atoms with Crippen LogP contribution in [-0.2, 0) is 4.79 Å². The first-order valence-corrected chi connectivity index (χ1v) is 10.4. The molecule has 3 rings (SSSR count). The average molecular weight is 439 g/mol. The third-order valence-corrected chi connectivity index (χ3v) is 5.28. The Morgan fingerprint density at radius 1 is 1.16 bits per heavy atom. The number of amides is 3. The molecular formula is C23H22N2O5S. The van der Waals surface area contributed by atoms with Crippen molar-refractivity contribution >= 4 is 34.9 Å². The van der Waals surface area contributed by atoms with Crippen LogP contribution in [-0.4, -0.2) is 48.8 Å². The van der Waals surface area contributed by atoms with Gasteiger partial charge in [-0.1, -0.05) is 43.0 Å².